The van der Waals surface area contributed by atoms with Crippen LogP contribution in [0.2, 0.25) is 0 Å². The van der Waals surface area contributed by atoms with Crippen molar-refractivity contribution in [3.63, 3.8) is 0 Å². The summed E-state index contributed by atoms with van der Waals surface area (Å²) in [6.45, 7) is 0.638. The predicted molar refractivity (Wildman–Crippen MR) is 35.0 cm³/mol. The maximum Gasteiger partial charge on any atom is 0.0972 e. The standard InChI is InChI=1S/C6H12N2O/c1-8-6(5-7)3-4-9-2/h6,8H,3-4H2,1-2H3. The molecule has 0 aromatic carbocycles. The minimum Gasteiger partial charge on any atom is -0.385 e. The molecule has 52 valence electrons. The Labute approximate surface area is 55.6 Å². The van der Waals surface area contributed by atoms with Gasteiger partial charge in [0, 0.05) is 13.7 Å². The topological polar surface area (TPSA) is 45.0 Å². The fourth-order valence-electron chi connectivity index (χ4n) is 0.509. The summed E-state index contributed by atoms with van der Waals surface area (Å²) in [5.74, 6) is 0. The van der Waals surface area contributed by atoms with Crippen molar-refractivity contribution >= 4 is 0 Å². The molecule has 0 aromatic rings. The first-order valence-electron chi connectivity index (χ1n) is 2.91. The average Bonchev–Trinajstić information content (AvgIpc) is 1.91. The highest BCUT2D eigenvalue weighted by Gasteiger charge is 2.00. The quantitative estimate of drug-likeness (QED) is 0.585. The zero-order chi connectivity index (χ0) is 7.11. The van der Waals surface area contributed by atoms with Crippen molar-refractivity contribution < 1.29 is 4.74 Å². The van der Waals surface area contributed by atoms with Crippen molar-refractivity contribution in [3.05, 3.63) is 0 Å². The fourth-order valence-corrected chi connectivity index (χ4v) is 0.509. The van der Waals surface area contributed by atoms with Crippen LogP contribution in [0.1, 0.15) is 6.42 Å². The second-order valence-electron chi connectivity index (χ2n) is 1.75. The molecule has 0 heterocycles. The van der Waals surface area contributed by atoms with E-state index in [2.05, 4.69) is 11.4 Å². The van der Waals surface area contributed by atoms with Crippen LogP contribution in [0.25, 0.3) is 0 Å². The van der Waals surface area contributed by atoms with Crippen LogP contribution in [0, 0.1) is 11.3 Å². The Morgan fingerprint density at radius 2 is 2.44 bits per heavy atom. The number of hydrogen-bond acceptors (Lipinski definition) is 3. The van der Waals surface area contributed by atoms with Crippen LogP contribution in [-0.2, 0) is 4.74 Å². The number of methoxy groups -OCH3 is 1. The number of ether oxygens (including phenoxy) is 1. The second-order valence-corrected chi connectivity index (χ2v) is 1.75. The molecule has 3 heteroatoms. The minimum atomic E-state index is -0.0649. The molecule has 1 unspecified atom stereocenters. The molecule has 3 nitrogen and oxygen atoms in total. The minimum absolute atomic E-state index is 0.0649. The summed E-state index contributed by atoms with van der Waals surface area (Å²) in [6.07, 6.45) is 0.753. The Kier molecular flexibility index (Phi) is 5.18. The third kappa shape index (κ3) is 3.95. The van der Waals surface area contributed by atoms with E-state index < -0.39 is 0 Å². The predicted octanol–water partition coefficient (Wildman–Crippen LogP) is 0.134. The smallest absolute Gasteiger partial charge is 0.0972 e. The number of rotatable bonds is 4. The van der Waals surface area contributed by atoms with E-state index >= 15 is 0 Å². The summed E-state index contributed by atoms with van der Waals surface area (Å²) in [5, 5.41) is 11.2. The Hall–Kier alpha value is -0.590. The molecule has 1 N–H and O–H groups in total. The molecule has 0 rings (SSSR count). The van der Waals surface area contributed by atoms with Gasteiger partial charge in [-0.05, 0) is 13.5 Å². The molecule has 0 spiro atoms. The first-order valence-corrected chi connectivity index (χ1v) is 2.91. The van der Waals surface area contributed by atoms with Gasteiger partial charge in [0.2, 0.25) is 0 Å². The summed E-state index contributed by atoms with van der Waals surface area (Å²) in [7, 11) is 3.40. The Balaban J connectivity index is 3.23. The molecule has 0 amide bonds. The lowest BCUT2D eigenvalue weighted by Crippen LogP contribution is -2.24. The number of nitrogens with zero attached hydrogens (tertiary/aromatic N) is 1. The van der Waals surface area contributed by atoms with Crippen molar-refractivity contribution in [2.45, 2.75) is 12.5 Å². The number of nitrogens with one attached hydrogen (secondary N) is 1. The van der Waals surface area contributed by atoms with Gasteiger partial charge in [0.15, 0.2) is 0 Å². The van der Waals surface area contributed by atoms with Crippen LogP contribution in [0.15, 0.2) is 0 Å². The third-order valence-electron chi connectivity index (χ3n) is 1.11. The highest BCUT2D eigenvalue weighted by atomic mass is 16.5. The van der Waals surface area contributed by atoms with Gasteiger partial charge in [0.1, 0.15) is 0 Å². The third-order valence-corrected chi connectivity index (χ3v) is 1.11. The largest absolute Gasteiger partial charge is 0.385 e. The monoisotopic (exact) mass is 128 g/mol. The maximum absolute atomic E-state index is 8.38. The van der Waals surface area contributed by atoms with Crippen LogP contribution >= 0.6 is 0 Å². The molecule has 0 aliphatic carbocycles. The van der Waals surface area contributed by atoms with Crippen molar-refractivity contribution in [1.82, 2.24) is 5.32 Å². The van der Waals surface area contributed by atoms with E-state index in [1.165, 1.54) is 0 Å². The molecule has 0 radical (unpaired) electrons. The molecule has 0 saturated carbocycles. The molecule has 0 aliphatic rings. The zero-order valence-electron chi connectivity index (χ0n) is 5.85. The number of nitriles is 1. The van der Waals surface area contributed by atoms with Gasteiger partial charge in [-0.2, -0.15) is 5.26 Å². The van der Waals surface area contributed by atoms with E-state index in [9.17, 15) is 0 Å². The molecule has 0 aliphatic heterocycles. The lowest BCUT2D eigenvalue weighted by molar-refractivity contribution is 0.189. The highest BCUT2D eigenvalue weighted by molar-refractivity contribution is 4.87. The van der Waals surface area contributed by atoms with E-state index in [0.29, 0.717) is 6.61 Å². The van der Waals surface area contributed by atoms with Gasteiger partial charge >= 0.3 is 0 Å². The van der Waals surface area contributed by atoms with Crippen molar-refractivity contribution in [2.75, 3.05) is 20.8 Å². The Bertz CT molecular complexity index is 97.7. The molecular weight excluding hydrogens is 116 g/mol. The molecule has 9 heavy (non-hydrogen) atoms. The molecule has 0 fully saturated rings. The second kappa shape index (κ2) is 5.54. The maximum atomic E-state index is 8.38. The van der Waals surface area contributed by atoms with Gasteiger partial charge in [0.25, 0.3) is 0 Å². The van der Waals surface area contributed by atoms with Crippen molar-refractivity contribution in [1.29, 1.82) is 5.26 Å². The molecule has 1 atom stereocenters. The first kappa shape index (κ1) is 8.41. The van der Waals surface area contributed by atoms with E-state index in [4.69, 9.17) is 10.00 Å². The van der Waals surface area contributed by atoms with Crippen molar-refractivity contribution in [2.24, 2.45) is 0 Å². The summed E-state index contributed by atoms with van der Waals surface area (Å²) in [4.78, 5) is 0. The zero-order valence-corrected chi connectivity index (χ0v) is 5.85. The SMILES string of the molecule is CNC(C#N)CCOC. The van der Waals surface area contributed by atoms with E-state index in [-0.39, 0.29) is 6.04 Å². The van der Waals surface area contributed by atoms with Crippen LogP contribution in [0.5, 0.6) is 0 Å². The highest BCUT2D eigenvalue weighted by Crippen LogP contribution is 1.87. The molecule has 0 saturated heterocycles. The van der Waals surface area contributed by atoms with E-state index in [0.717, 1.165) is 6.42 Å². The lowest BCUT2D eigenvalue weighted by Gasteiger charge is -2.04. The number of hydrogen-bond donors (Lipinski definition) is 1. The van der Waals surface area contributed by atoms with Gasteiger partial charge in [-0.3, -0.25) is 0 Å². The van der Waals surface area contributed by atoms with Gasteiger partial charge < -0.3 is 10.1 Å². The summed E-state index contributed by atoms with van der Waals surface area (Å²) < 4.78 is 4.78. The van der Waals surface area contributed by atoms with Gasteiger partial charge in [-0.25, -0.2) is 0 Å². The van der Waals surface area contributed by atoms with E-state index in [1.807, 2.05) is 0 Å². The van der Waals surface area contributed by atoms with Crippen molar-refractivity contribution in [3.8, 4) is 6.07 Å². The van der Waals surface area contributed by atoms with Crippen LogP contribution < -0.4 is 5.32 Å². The van der Waals surface area contributed by atoms with Gasteiger partial charge in [-0.15, -0.1) is 0 Å². The van der Waals surface area contributed by atoms with Gasteiger partial charge in [-0.1, -0.05) is 0 Å². The van der Waals surface area contributed by atoms with Gasteiger partial charge in [0.05, 0.1) is 12.1 Å². The molecule has 0 bridgehead atoms. The Morgan fingerprint density at radius 1 is 1.78 bits per heavy atom. The Morgan fingerprint density at radius 3 is 2.78 bits per heavy atom. The summed E-state index contributed by atoms with van der Waals surface area (Å²) in [6, 6.07) is 2.03. The van der Waals surface area contributed by atoms with Crippen LogP contribution in [0.4, 0.5) is 0 Å². The summed E-state index contributed by atoms with van der Waals surface area (Å²) in [5.41, 5.74) is 0. The lowest BCUT2D eigenvalue weighted by atomic mass is 10.2. The average molecular weight is 128 g/mol. The first-order chi connectivity index (χ1) is 4.35. The van der Waals surface area contributed by atoms with E-state index in [1.54, 1.807) is 14.2 Å². The molecule has 0 aromatic heterocycles. The van der Waals surface area contributed by atoms with Crippen LogP contribution in [0.3, 0.4) is 0 Å². The fraction of sp³-hybridized carbons (Fsp3) is 0.833. The normalized spacial score (nSPS) is 12.6. The van der Waals surface area contributed by atoms with Crippen LogP contribution in [-0.4, -0.2) is 26.8 Å². The molecular formula is C6H12N2O. The summed E-state index contributed by atoms with van der Waals surface area (Å²) >= 11 is 0.